The Morgan fingerprint density at radius 1 is 1.15 bits per heavy atom. The largest absolute Gasteiger partial charge is 0.406 e. The first-order valence-electron chi connectivity index (χ1n) is 12.7. The number of rotatable bonds is 3. The standard InChI is InChI=1S/C26H24ClF3N6O3/c27-17-3-1-4-18-20(17)25(24(39)36(18)19-5-2-8-35(23(19)38)14-26(28,29)30)6-9-34(10-7-25)22(37)16-11-15-13-32-33-21(15)31-12-16/h1,3-4,11-13,19H,2,5-10,14H2,(H,31,32,33). The molecule has 204 valence electrons. The number of aromatic amines is 1. The zero-order valence-electron chi connectivity index (χ0n) is 20.7. The molecule has 0 aliphatic carbocycles. The van der Waals surface area contributed by atoms with Crippen molar-refractivity contribution in [3.05, 3.63) is 52.8 Å². The molecule has 2 fully saturated rings. The third kappa shape index (κ3) is 4.21. The quantitative estimate of drug-likeness (QED) is 0.526. The van der Waals surface area contributed by atoms with Crippen molar-refractivity contribution in [3.63, 3.8) is 0 Å². The molecule has 3 aliphatic heterocycles. The molecule has 3 aliphatic rings. The van der Waals surface area contributed by atoms with Crippen molar-refractivity contribution in [2.75, 3.05) is 31.1 Å². The molecule has 1 N–H and O–H groups in total. The van der Waals surface area contributed by atoms with Gasteiger partial charge in [-0.15, -0.1) is 0 Å². The lowest BCUT2D eigenvalue weighted by atomic mass is 9.73. The third-order valence-electron chi connectivity index (χ3n) is 7.98. The Balaban J connectivity index is 1.28. The molecule has 2 saturated heterocycles. The topological polar surface area (TPSA) is 102 Å². The number of benzene rings is 1. The molecule has 1 atom stereocenters. The molecular weight excluding hydrogens is 537 g/mol. The Hall–Kier alpha value is -3.67. The summed E-state index contributed by atoms with van der Waals surface area (Å²) in [6, 6.07) is 5.68. The van der Waals surface area contributed by atoms with E-state index in [1.807, 2.05) is 0 Å². The number of aromatic nitrogens is 3. The van der Waals surface area contributed by atoms with Crippen LogP contribution in [0.15, 0.2) is 36.7 Å². The van der Waals surface area contributed by atoms with Crippen molar-refractivity contribution in [3.8, 4) is 0 Å². The van der Waals surface area contributed by atoms with Gasteiger partial charge in [-0.1, -0.05) is 17.7 Å². The molecule has 3 amide bonds. The van der Waals surface area contributed by atoms with Crippen LogP contribution < -0.4 is 4.90 Å². The molecule has 9 nitrogen and oxygen atoms in total. The molecule has 2 aromatic heterocycles. The second-order valence-corrected chi connectivity index (χ2v) is 10.7. The molecule has 0 saturated carbocycles. The van der Waals surface area contributed by atoms with Crippen LogP contribution in [-0.4, -0.2) is 81.1 Å². The number of piperidine rings is 2. The number of likely N-dealkylation sites (tertiary alicyclic amines) is 2. The van der Waals surface area contributed by atoms with Crippen LogP contribution in [0.2, 0.25) is 5.02 Å². The average Bonchev–Trinajstić information content (AvgIpc) is 3.46. The van der Waals surface area contributed by atoms with Gasteiger partial charge < -0.3 is 9.80 Å². The second kappa shape index (κ2) is 9.22. The van der Waals surface area contributed by atoms with E-state index in [1.165, 1.54) is 11.1 Å². The van der Waals surface area contributed by atoms with Crippen LogP contribution in [-0.2, 0) is 15.0 Å². The van der Waals surface area contributed by atoms with E-state index in [-0.39, 0.29) is 50.7 Å². The maximum absolute atomic E-state index is 14.1. The van der Waals surface area contributed by atoms with E-state index in [0.29, 0.717) is 39.3 Å². The number of anilines is 1. The predicted molar refractivity (Wildman–Crippen MR) is 135 cm³/mol. The van der Waals surface area contributed by atoms with Crippen LogP contribution >= 0.6 is 11.6 Å². The maximum atomic E-state index is 14.1. The number of fused-ring (bicyclic) bond motifs is 3. The van der Waals surface area contributed by atoms with E-state index in [4.69, 9.17) is 11.6 Å². The van der Waals surface area contributed by atoms with E-state index in [9.17, 15) is 27.6 Å². The van der Waals surface area contributed by atoms with Crippen LogP contribution in [0.1, 0.15) is 41.6 Å². The summed E-state index contributed by atoms with van der Waals surface area (Å²) < 4.78 is 39.4. The molecule has 0 bridgehead atoms. The van der Waals surface area contributed by atoms with Gasteiger partial charge in [0, 0.05) is 41.8 Å². The molecule has 0 radical (unpaired) electrons. The lowest BCUT2D eigenvalue weighted by Crippen LogP contribution is -2.58. The molecule has 1 aromatic carbocycles. The molecule has 1 spiro atoms. The first-order chi connectivity index (χ1) is 18.6. The fourth-order valence-corrected chi connectivity index (χ4v) is 6.52. The Kier molecular flexibility index (Phi) is 6.05. The smallest absolute Gasteiger partial charge is 0.339 e. The van der Waals surface area contributed by atoms with Crippen LogP contribution in [0.4, 0.5) is 18.9 Å². The average molecular weight is 561 g/mol. The van der Waals surface area contributed by atoms with E-state index in [1.54, 1.807) is 35.4 Å². The Labute approximate surface area is 225 Å². The zero-order valence-corrected chi connectivity index (χ0v) is 21.4. The highest BCUT2D eigenvalue weighted by Gasteiger charge is 2.56. The van der Waals surface area contributed by atoms with E-state index >= 15 is 0 Å². The maximum Gasteiger partial charge on any atom is 0.406 e. The van der Waals surface area contributed by atoms with Gasteiger partial charge in [0.2, 0.25) is 11.8 Å². The third-order valence-corrected chi connectivity index (χ3v) is 8.30. The fourth-order valence-electron chi connectivity index (χ4n) is 6.17. The first kappa shape index (κ1) is 25.6. The number of alkyl halides is 3. The summed E-state index contributed by atoms with van der Waals surface area (Å²) in [6.45, 7) is -0.855. The van der Waals surface area contributed by atoms with Gasteiger partial charge in [0.1, 0.15) is 12.6 Å². The zero-order chi connectivity index (χ0) is 27.5. The number of H-pyrrole nitrogens is 1. The second-order valence-electron chi connectivity index (χ2n) is 10.2. The number of pyridine rings is 1. The van der Waals surface area contributed by atoms with Gasteiger partial charge in [-0.2, -0.15) is 18.3 Å². The number of hydrogen-bond acceptors (Lipinski definition) is 5. The predicted octanol–water partition coefficient (Wildman–Crippen LogP) is 3.69. The summed E-state index contributed by atoms with van der Waals surface area (Å²) in [5.74, 6) is -1.30. The number of halogens is 4. The minimum absolute atomic E-state index is 0.0129. The Bertz CT molecular complexity index is 1480. The molecular formula is C26H24ClF3N6O3. The van der Waals surface area contributed by atoms with Crippen molar-refractivity contribution in [2.45, 2.75) is 43.3 Å². The minimum Gasteiger partial charge on any atom is -0.339 e. The number of carbonyl (C=O) groups is 3. The number of amides is 3. The summed E-state index contributed by atoms with van der Waals surface area (Å²) in [5, 5.41) is 7.72. The number of nitrogens with one attached hydrogen (secondary N) is 1. The summed E-state index contributed by atoms with van der Waals surface area (Å²) in [7, 11) is 0. The summed E-state index contributed by atoms with van der Waals surface area (Å²) in [5.41, 5.74) is 0.914. The van der Waals surface area contributed by atoms with Gasteiger partial charge in [-0.25, -0.2) is 4.98 Å². The van der Waals surface area contributed by atoms with Crippen molar-refractivity contribution in [1.82, 2.24) is 25.0 Å². The summed E-state index contributed by atoms with van der Waals surface area (Å²) >= 11 is 6.63. The molecule has 13 heteroatoms. The lowest BCUT2D eigenvalue weighted by Gasteiger charge is -2.40. The number of carbonyl (C=O) groups excluding carboxylic acids is 3. The van der Waals surface area contributed by atoms with Crippen molar-refractivity contribution < 1.29 is 27.6 Å². The van der Waals surface area contributed by atoms with Crippen LogP contribution in [0, 0.1) is 0 Å². The van der Waals surface area contributed by atoms with E-state index in [2.05, 4.69) is 15.2 Å². The lowest BCUT2D eigenvalue weighted by molar-refractivity contribution is -0.164. The summed E-state index contributed by atoms with van der Waals surface area (Å²) in [4.78, 5) is 48.6. The highest BCUT2D eigenvalue weighted by Crippen LogP contribution is 2.52. The van der Waals surface area contributed by atoms with Crippen LogP contribution in [0.25, 0.3) is 11.0 Å². The minimum atomic E-state index is -4.54. The molecule has 1 unspecified atom stereocenters. The van der Waals surface area contributed by atoms with Gasteiger partial charge in [-0.05, 0) is 43.9 Å². The monoisotopic (exact) mass is 560 g/mol. The SMILES string of the molecule is O=C(c1cnc2[nH]ncc2c1)N1CCC2(CC1)C(=O)N(C1CCCN(CC(F)(F)F)C1=O)c1cccc(Cl)c12. The van der Waals surface area contributed by atoms with Gasteiger partial charge >= 0.3 is 6.18 Å². The summed E-state index contributed by atoms with van der Waals surface area (Å²) in [6.07, 6.45) is -0.350. The van der Waals surface area contributed by atoms with Crippen molar-refractivity contribution >= 4 is 46.0 Å². The van der Waals surface area contributed by atoms with Crippen LogP contribution in [0.5, 0.6) is 0 Å². The van der Waals surface area contributed by atoms with Gasteiger partial charge in [0.05, 0.1) is 22.9 Å². The first-order valence-corrected chi connectivity index (χ1v) is 13.0. The highest BCUT2D eigenvalue weighted by atomic mass is 35.5. The molecule has 39 heavy (non-hydrogen) atoms. The molecule has 3 aromatic rings. The highest BCUT2D eigenvalue weighted by molar-refractivity contribution is 6.33. The number of hydrogen-bond donors (Lipinski definition) is 1. The van der Waals surface area contributed by atoms with Gasteiger partial charge in [0.25, 0.3) is 5.91 Å². The van der Waals surface area contributed by atoms with E-state index in [0.717, 1.165) is 4.90 Å². The van der Waals surface area contributed by atoms with Gasteiger partial charge in [-0.3, -0.25) is 24.4 Å². The Morgan fingerprint density at radius 2 is 1.92 bits per heavy atom. The number of nitrogens with zero attached hydrogens (tertiary/aromatic N) is 5. The van der Waals surface area contributed by atoms with E-state index < -0.39 is 30.1 Å². The van der Waals surface area contributed by atoms with Gasteiger partial charge in [0.15, 0.2) is 5.65 Å². The fraction of sp³-hybridized carbons (Fsp3) is 0.423. The normalized spacial score (nSPS) is 21.2. The molecule has 6 rings (SSSR count). The molecule has 5 heterocycles. The van der Waals surface area contributed by atoms with Crippen LogP contribution in [0.3, 0.4) is 0 Å². The van der Waals surface area contributed by atoms with Crippen molar-refractivity contribution in [2.24, 2.45) is 0 Å². The van der Waals surface area contributed by atoms with Crippen molar-refractivity contribution in [1.29, 1.82) is 0 Å². The Morgan fingerprint density at radius 3 is 2.67 bits per heavy atom.